The van der Waals surface area contributed by atoms with Gasteiger partial charge in [-0.05, 0) is 5.92 Å². The molecule has 2 rings (SSSR count). The summed E-state index contributed by atoms with van der Waals surface area (Å²) in [4.78, 5) is 57.3. The molecule has 14 heteroatoms. The van der Waals surface area contributed by atoms with Gasteiger partial charge in [0.25, 0.3) is 11.8 Å². The summed E-state index contributed by atoms with van der Waals surface area (Å²) < 4.78 is 14.2. The number of rotatable bonds is 5. The summed E-state index contributed by atoms with van der Waals surface area (Å²) in [6.07, 6.45) is 0.940. The zero-order valence-corrected chi connectivity index (χ0v) is 15.7. The molecular formula is C16H17FN8O5. The molecule has 1 atom stereocenters. The molecule has 4 amide bonds. The molecule has 0 unspecified atom stereocenters. The highest BCUT2D eigenvalue weighted by Gasteiger charge is 2.26. The fourth-order valence-corrected chi connectivity index (χ4v) is 2.24. The van der Waals surface area contributed by atoms with Gasteiger partial charge in [0.15, 0.2) is 23.1 Å². The molecule has 7 N–H and O–H groups in total. The zero-order valence-electron chi connectivity index (χ0n) is 15.7. The van der Waals surface area contributed by atoms with Gasteiger partial charge in [0.2, 0.25) is 5.96 Å². The summed E-state index contributed by atoms with van der Waals surface area (Å²) in [6.45, 7) is 3.13. The lowest BCUT2D eigenvalue weighted by molar-refractivity contribution is -0.140. The second-order valence-corrected chi connectivity index (χ2v) is 6.28. The van der Waals surface area contributed by atoms with Gasteiger partial charge in [-0.1, -0.05) is 13.8 Å². The molecule has 0 aromatic carbocycles. The summed E-state index contributed by atoms with van der Waals surface area (Å²) in [5.41, 5.74) is 4.03. The van der Waals surface area contributed by atoms with Crippen LogP contribution in [0.3, 0.4) is 0 Å². The number of halogens is 1. The Morgan fingerprint density at radius 1 is 1.37 bits per heavy atom. The molecule has 13 nitrogen and oxygen atoms in total. The average molecular weight is 420 g/mol. The van der Waals surface area contributed by atoms with Crippen LogP contribution in [0.25, 0.3) is 0 Å². The van der Waals surface area contributed by atoms with Gasteiger partial charge in [-0.15, -0.1) is 0 Å². The van der Waals surface area contributed by atoms with E-state index >= 15 is 0 Å². The number of pyridine rings is 1. The van der Waals surface area contributed by atoms with Crippen molar-refractivity contribution in [3.05, 3.63) is 23.8 Å². The molecule has 1 aliphatic rings. The Morgan fingerprint density at radius 2 is 2.03 bits per heavy atom. The number of anilines is 1. The Labute approximate surface area is 168 Å². The van der Waals surface area contributed by atoms with E-state index in [0.29, 0.717) is 0 Å². The van der Waals surface area contributed by atoms with Crippen LogP contribution in [0.4, 0.5) is 14.9 Å². The van der Waals surface area contributed by atoms with Gasteiger partial charge in [0.05, 0.1) is 11.9 Å². The predicted molar refractivity (Wildman–Crippen MR) is 102 cm³/mol. The number of hydrogen-bond acceptors (Lipinski definition) is 7. The van der Waals surface area contributed by atoms with Gasteiger partial charge < -0.3 is 21.5 Å². The molecule has 0 fully saturated rings. The van der Waals surface area contributed by atoms with Crippen LogP contribution in [0.2, 0.25) is 0 Å². The van der Waals surface area contributed by atoms with Crippen LogP contribution < -0.4 is 21.7 Å². The van der Waals surface area contributed by atoms with Crippen molar-refractivity contribution in [3.63, 3.8) is 0 Å². The molecule has 0 spiro atoms. The third kappa shape index (κ3) is 5.18. The minimum Gasteiger partial charge on any atom is -0.480 e. The van der Waals surface area contributed by atoms with Crippen molar-refractivity contribution in [2.45, 2.75) is 19.9 Å². The number of amidine groups is 1. The highest BCUT2D eigenvalue weighted by molar-refractivity contribution is 6.69. The van der Waals surface area contributed by atoms with Crippen LogP contribution >= 0.6 is 0 Å². The summed E-state index contributed by atoms with van der Waals surface area (Å²) in [7, 11) is 0. The van der Waals surface area contributed by atoms with E-state index in [1.807, 2.05) is 5.32 Å². The second-order valence-electron chi connectivity index (χ2n) is 6.28. The first-order valence-corrected chi connectivity index (χ1v) is 8.33. The summed E-state index contributed by atoms with van der Waals surface area (Å²) in [5.74, 6) is -5.80. The predicted octanol–water partition coefficient (Wildman–Crippen LogP) is -0.546. The molecule has 0 radical (unpaired) electrons. The van der Waals surface area contributed by atoms with Crippen LogP contribution in [-0.2, 0) is 9.59 Å². The van der Waals surface area contributed by atoms with E-state index in [0.717, 1.165) is 12.3 Å². The lowest BCUT2D eigenvalue weighted by Gasteiger charge is -2.17. The van der Waals surface area contributed by atoms with Crippen molar-refractivity contribution < 1.29 is 28.7 Å². The maximum atomic E-state index is 14.2. The van der Waals surface area contributed by atoms with Crippen LogP contribution in [0.15, 0.2) is 22.2 Å². The van der Waals surface area contributed by atoms with Gasteiger partial charge in [-0.3, -0.25) is 20.3 Å². The number of nitrogens with one attached hydrogen (secondary N) is 4. The monoisotopic (exact) mass is 420 g/mol. The minimum atomic E-state index is -1.29. The van der Waals surface area contributed by atoms with Gasteiger partial charge in [-0.2, -0.15) is 9.98 Å². The summed E-state index contributed by atoms with van der Waals surface area (Å²) >= 11 is 0. The van der Waals surface area contributed by atoms with Gasteiger partial charge in [0, 0.05) is 6.07 Å². The number of carbonyl (C=O) groups excluding carboxylic acids is 3. The molecule has 1 aliphatic heterocycles. The average Bonchev–Trinajstić information content (AvgIpc) is 2.62. The topological polar surface area (TPSA) is 212 Å². The van der Waals surface area contributed by atoms with Crippen LogP contribution in [0, 0.1) is 17.1 Å². The van der Waals surface area contributed by atoms with Gasteiger partial charge >= 0.3 is 12.0 Å². The maximum absolute atomic E-state index is 14.2. The number of nitrogens with two attached hydrogens (primary N) is 1. The molecule has 0 bridgehead atoms. The molecular weight excluding hydrogens is 403 g/mol. The Balaban J connectivity index is 2.14. The molecule has 1 aromatic rings. The Morgan fingerprint density at radius 3 is 2.57 bits per heavy atom. The number of aliphatic imine (C=N–C) groups is 2. The first kappa shape index (κ1) is 22.1. The normalized spacial score (nSPS) is 16.0. The number of aromatic nitrogens is 1. The van der Waals surface area contributed by atoms with Crippen molar-refractivity contribution in [1.82, 2.24) is 15.6 Å². The summed E-state index contributed by atoms with van der Waals surface area (Å²) in [6, 6.07) is -1.60. The Bertz CT molecular complexity index is 1000. The molecule has 2 heterocycles. The van der Waals surface area contributed by atoms with Crippen molar-refractivity contribution in [1.29, 1.82) is 5.41 Å². The third-order valence-corrected chi connectivity index (χ3v) is 3.66. The smallest absolute Gasteiger partial charge is 0.346 e. The largest absolute Gasteiger partial charge is 0.480 e. The first-order chi connectivity index (χ1) is 14.0. The van der Waals surface area contributed by atoms with E-state index in [4.69, 9.17) is 16.2 Å². The fraction of sp³-hybridized carbons (Fsp3) is 0.250. The highest BCUT2D eigenvalue weighted by Crippen LogP contribution is 2.13. The number of nitrogens with zero attached hydrogens (tertiary/aromatic N) is 3. The zero-order chi connectivity index (χ0) is 22.6. The van der Waals surface area contributed by atoms with Crippen LogP contribution in [0.1, 0.15) is 24.3 Å². The maximum Gasteiger partial charge on any atom is 0.346 e. The van der Waals surface area contributed by atoms with E-state index in [9.17, 15) is 23.6 Å². The third-order valence-electron chi connectivity index (χ3n) is 3.66. The standard InChI is InChI=1S/C16H17FN8O5/c1-5(2)8(14(28)29)22-12(26)9-7(17)3-6(4-20-9)21-16(30)23-10-11(18)24-15(19)25-13(10)27/h3-5,8H,1-2H3,(H,21,30)(H,22,26)(H,28,29)(H4,18,19,24,25,27)/b23-10-/t8-/m0/s1. The fourth-order valence-electron chi connectivity index (χ4n) is 2.24. The molecule has 30 heavy (non-hydrogen) atoms. The van der Waals surface area contributed by atoms with E-state index in [1.165, 1.54) is 0 Å². The Kier molecular flexibility index (Phi) is 6.51. The van der Waals surface area contributed by atoms with Gasteiger partial charge in [0.1, 0.15) is 6.04 Å². The minimum absolute atomic E-state index is 0.198. The second kappa shape index (κ2) is 8.85. The molecule has 0 saturated heterocycles. The number of amides is 4. The highest BCUT2D eigenvalue weighted by atomic mass is 19.1. The molecule has 1 aromatic heterocycles. The van der Waals surface area contributed by atoms with Crippen LogP contribution in [-0.4, -0.2) is 57.5 Å². The van der Waals surface area contributed by atoms with Gasteiger partial charge in [-0.25, -0.2) is 19.0 Å². The number of aliphatic carboxylic acids is 1. The SMILES string of the molecule is CC(C)[C@H](NC(=O)c1ncc(NC(=O)/N=C2\C(=O)NC(=N)N=C2N)cc1F)C(=O)O. The Hall–Kier alpha value is -4.23. The molecule has 0 saturated carbocycles. The first-order valence-electron chi connectivity index (χ1n) is 8.33. The van der Waals surface area contributed by atoms with E-state index in [1.54, 1.807) is 13.8 Å². The van der Waals surface area contributed by atoms with E-state index < -0.39 is 64.8 Å². The van der Waals surface area contributed by atoms with Crippen molar-refractivity contribution in [3.8, 4) is 0 Å². The lowest BCUT2D eigenvalue weighted by Crippen LogP contribution is -2.47. The van der Waals surface area contributed by atoms with E-state index in [-0.39, 0.29) is 5.69 Å². The molecule has 0 aliphatic carbocycles. The van der Waals surface area contributed by atoms with Crippen molar-refractivity contribution in [2.75, 3.05) is 5.32 Å². The molecule has 158 valence electrons. The van der Waals surface area contributed by atoms with E-state index in [2.05, 4.69) is 25.6 Å². The number of carbonyl (C=O) groups is 4. The summed E-state index contributed by atoms with van der Waals surface area (Å²) in [5, 5.41) is 22.6. The number of urea groups is 1. The van der Waals surface area contributed by atoms with Crippen LogP contribution in [0.5, 0.6) is 0 Å². The quantitative estimate of drug-likeness (QED) is 0.365. The lowest BCUT2D eigenvalue weighted by atomic mass is 10.0. The number of guanidine groups is 1. The number of carboxylic acids is 1. The van der Waals surface area contributed by atoms with Crippen molar-refractivity contribution >= 4 is 47.0 Å². The number of carboxylic acid groups (broad SMARTS) is 1. The van der Waals surface area contributed by atoms with Crippen molar-refractivity contribution in [2.24, 2.45) is 21.6 Å². The number of hydrogen-bond donors (Lipinski definition) is 6.